The predicted octanol–water partition coefficient (Wildman–Crippen LogP) is 2.46. The molecule has 0 saturated carbocycles. The number of urea groups is 1. The number of carbonyl (C=O) groups excluding carboxylic acids is 1. The number of nitrogens with one attached hydrogen (secondary N) is 2. The largest absolute Gasteiger partial charge is 0.494 e. The third-order valence-electron chi connectivity index (χ3n) is 2.80. The van der Waals surface area contributed by atoms with Crippen LogP contribution in [0.25, 0.3) is 0 Å². The molecule has 116 valence electrons. The molecular formula is C14H19FN2O4. The molecule has 2 amide bonds. The summed E-state index contributed by atoms with van der Waals surface area (Å²) in [7, 11) is 1.34. The van der Waals surface area contributed by atoms with Crippen LogP contribution in [0.1, 0.15) is 20.8 Å². The average Bonchev–Trinajstić information content (AvgIpc) is 2.36. The molecule has 1 aromatic rings. The van der Waals surface area contributed by atoms with Crippen LogP contribution in [0.2, 0.25) is 0 Å². The Morgan fingerprint density at radius 1 is 1.33 bits per heavy atom. The number of amides is 2. The minimum atomic E-state index is -1.14. The molecule has 0 radical (unpaired) electrons. The molecule has 6 nitrogen and oxygen atoms in total. The number of aliphatic carboxylic acids is 1. The van der Waals surface area contributed by atoms with Crippen LogP contribution in [-0.4, -0.2) is 30.3 Å². The summed E-state index contributed by atoms with van der Waals surface area (Å²) in [5.74, 6) is -1.49. The van der Waals surface area contributed by atoms with E-state index in [0.717, 1.165) is 12.1 Å². The Hall–Kier alpha value is -2.31. The number of rotatable bonds is 4. The molecule has 0 aliphatic heterocycles. The van der Waals surface area contributed by atoms with E-state index in [1.165, 1.54) is 13.2 Å². The Morgan fingerprint density at radius 2 is 1.95 bits per heavy atom. The Kier molecular flexibility index (Phi) is 5.12. The Labute approximate surface area is 122 Å². The van der Waals surface area contributed by atoms with Crippen molar-refractivity contribution in [1.29, 1.82) is 0 Å². The van der Waals surface area contributed by atoms with Gasteiger partial charge in [0.05, 0.1) is 12.8 Å². The summed E-state index contributed by atoms with van der Waals surface area (Å²) in [6.45, 7) is 5.10. The minimum Gasteiger partial charge on any atom is -0.494 e. The molecule has 1 rings (SSSR count). The number of methoxy groups -OCH3 is 1. The quantitative estimate of drug-likeness (QED) is 0.796. The fourth-order valence-corrected chi connectivity index (χ4v) is 1.71. The minimum absolute atomic E-state index is 0.146. The van der Waals surface area contributed by atoms with Gasteiger partial charge in [0.2, 0.25) is 0 Å². The molecule has 0 aliphatic rings. The fraction of sp³-hybridized carbons (Fsp3) is 0.429. The van der Waals surface area contributed by atoms with E-state index in [1.54, 1.807) is 20.8 Å². The molecule has 0 fully saturated rings. The first-order chi connectivity index (χ1) is 9.65. The zero-order chi connectivity index (χ0) is 16.2. The molecule has 0 bridgehead atoms. The molecule has 7 heteroatoms. The second-order valence-corrected chi connectivity index (χ2v) is 5.58. The topological polar surface area (TPSA) is 87.7 Å². The highest BCUT2D eigenvalue weighted by Crippen LogP contribution is 2.25. The van der Waals surface area contributed by atoms with E-state index in [9.17, 15) is 14.0 Å². The van der Waals surface area contributed by atoms with Gasteiger partial charge in [-0.25, -0.2) is 14.0 Å². The van der Waals surface area contributed by atoms with Crippen LogP contribution in [0.4, 0.5) is 14.9 Å². The van der Waals surface area contributed by atoms with E-state index in [2.05, 4.69) is 10.6 Å². The van der Waals surface area contributed by atoms with Gasteiger partial charge in [0.1, 0.15) is 17.6 Å². The zero-order valence-corrected chi connectivity index (χ0v) is 12.4. The van der Waals surface area contributed by atoms with Gasteiger partial charge in [0.25, 0.3) is 0 Å². The summed E-state index contributed by atoms with van der Waals surface area (Å²) in [4.78, 5) is 23.1. The van der Waals surface area contributed by atoms with Gasteiger partial charge in [-0.2, -0.15) is 0 Å². The van der Waals surface area contributed by atoms with Crippen molar-refractivity contribution in [2.75, 3.05) is 12.4 Å². The summed E-state index contributed by atoms with van der Waals surface area (Å²) in [6.07, 6.45) is 0. The first-order valence-electron chi connectivity index (χ1n) is 6.29. The average molecular weight is 298 g/mol. The SMILES string of the molecule is COc1cc(F)ccc1NC(=O)N[C@@H](C(=O)O)C(C)(C)C. The van der Waals surface area contributed by atoms with E-state index in [-0.39, 0.29) is 11.4 Å². The van der Waals surface area contributed by atoms with Crippen LogP contribution in [0.5, 0.6) is 5.75 Å². The van der Waals surface area contributed by atoms with Gasteiger partial charge in [-0.15, -0.1) is 0 Å². The second-order valence-electron chi connectivity index (χ2n) is 5.58. The number of ether oxygens (including phenoxy) is 1. The number of hydrogen-bond donors (Lipinski definition) is 3. The maximum absolute atomic E-state index is 13.1. The number of hydrogen-bond acceptors (Lipinski definition) is 3. The number of carboxylic acid groups (broad SMARTS) is 1. The van der Waals surface area contributed by atoms with Gasteiger partial charge in [0, 0.05) is 6.07 Å². The van der Waals surface area contributed by atoms with Crippen molar-refractivity contribution in [2.24, 2.45) is 5.41 Å². The van der Waals surface area contributed by atoms with Crippen LogP contribution in [0, 0.1) is 11.2 Å². The first-order valence-corrected chi connectivity index (χ1v) is 6.29. The third-order valence-corrected chi connectivity index (χ3v) is 2.80. The van der Waals surface area contributed by atoms with Crippen LogP contribution in [0.3, 0.4) is 0 Å². The van der Waals surface area contributed by atoms with Crippen molar-refractivity contribution < 1.29 is 23.8 Å². The summed E-state index contributed by atoms with van der Waals surface area (Å²) < 4.78 is 18.0. The highest BCUT2D eigenvalue weighted by molar-refractivity contribution is 5.93. The molecule has 0 spiro atoms. The highest BCUT2D eigenvalue weighted by Gasteiger charge is 2.32. The summed E-state index contributed by atoms with van der Waals surface area (Å²) >= 11 is 0. The highest BCUT2D eigenvalue weighted by atomic mass is 19.1. The van der Waals surface area contributed by atoms with Gasteiger partial charge in [0.15, 0.2) is 0 Å². The van der Waals surface area contributed by atoms with E-state index in [0.29, 0.717) is 0 Å². The Balaban J connectivity index is 2.84. The fourth-order valence-electron chi connectivity index (χ4n) is 1.71. The van der Waals surface area contributed by atoms with Gasteiger partial charge in [-0.3, -0.25) is 0 Å². The van der Waals surface area contributed by atoms with Crippen LogP contribution in [-0.2, 0) is 4.79 Å². The predicted molar refractivity (Wildman–Crippen MR) is 76.0 cm³/mol. The standard InChI is InChI=1S/C14H19FN2O4/c1-14(2,3)11(12(18)19)17-13(20)16-9-6-5-8(15)7-10(9)21-4/h5-7,11H,1-4H3,(H,18,19)(H2,16,17,20)/t11-/m0/s1. The number of carbonyl (C=O) groups is 2. The van der Waals surface area contributed by atoms with Crippen molar-refractivity contribution in [1.82, 2.24) is 5.32 Å². The molecule has 0 unspecified atom stereocenters. The zero-order valence-electron chi connectivity index (χ0n) is 12.4. The van der Waals surface area contributed by atoms with Gasteiger partial charge >= 0.3 is 12.0 Å². The third kappa shape index (κ3) is 4.62. The molecule has 0 aromatic heterocycles. The van der Waals surface area contributed by atoms with Gasteiger partial charge in [-0.1, -0.05) is 20.8 Å². The normalized spacial score (nSPS) is 12.4. The smallest absolute Gasteiger partial charge is 0.326 e. The van der Waals surface area contributed by atoms with E-state index >= 15 is 0 Å². The van der Waals surface area contributed by atoms with E-state index in [4.69, 9.17) is 9.84 Å². The lowest BCUT2D eigenvalue weighted by molar-refractivity contribution is -0.141. The second kappa shape index (κ2) is 6.43. The number of carboxylic acids is 1. The summed E-state index contributed by atoms with van der Waals surface area (Å²) in [5, 5.41) is 14.0. The molecular weight excluding hydrogens is 279 g/mol. The summed E-state index contributed by atoms with van der Waals surface area (Å²) in [6, 6.07) is 1.84. The lowest BCUT2D eigenvalue weighted by Gasteiger charge is -2.27. The maximum Gasteiger partial charge on any atom is 0.326 e. The summed E-state index contributed by atoms with van der Waals surface area (Å²) in [5.41, 5.74) is -0.412. The molecule has 3 N–H and O–H groups in total. The van der Waals surface area contributed by atoms with Crippen LogP contribution >= 0.6 is 0 Å². The van der Waals surface area contributed by atoms with Gasteiger partial charge in [-0.05, 0) is 17.5 Å². The lowest BCUT2D eigenvalue weighted by Crippen LogP contribution is -2.50. The van der Waals surface area contributed by atoms with Crippen molar-refractivity contribution in [3.63, 3.8) is 0 Å². The Bertz CT molecular complexity index is 540. The van der Waals surface area contributed by atoms with Crippen molar-refractivity contribution >= 4 is 17.7 Å². The Morgan fingerprint density at radius 3 is 2.43 bits per heavy atom. The molecule has 1 aromatic carbocycles. The maximum atomic E-state index is 13.1. The number of benzene rings is 1. The van der Waals surface area contributed by atoms with Crippen molar-refractivity contribution in [3.05, 3.63) is 24.0 Å². The molecule has 0 aliphatic carbocycles. The molecule has 1 atom stereocenters. The monoisotopic (exact) mass is 298 g/mol. The number of halogens is 1. The van der Waals surface area contributed by atoms with Crippen LogP contribution in [0.15, 0.2) is 18.2 Å². The van der Waals surface area contributed by atoms with Crippen molar-refractivity contribution in [3.8, 4) is 5.75 Å². The molecule has 21 heavy (non-hydrogen) atoms. The van der Waals surface area contributed by atoms with Gasteiger partial charge < -0.3 is 20.5 Å². The number of anilines is 1. The van der Waals surface area contributed by atoms with E-state index < -0.39 is 29.3 Å². The first kappa shape index (κ1) is 16.7. The van der Waals surface area contributed by atoms with E-state index in [1.807, 2.05) is 0 Å². The van der Waals surface area contributed by atoms with Crippen molar-refractivity contribution in [2.45, 2.75) is 26.8 Å². The molecule has 0 heterocycles. The lowest BCUT2D eigenvalue weighted by atomic mass is 9.87. The molecule has 0 saturated heterocycles. The van der Waals surface area contributed by atoms with Crippen LogP contribution < -0.4 is 15.4 Å².